The number of hydrogen-bond donors (Lipinski definition) is 2. The van der Waals surface area contributed by atoms with Crippen LogP contribution in [0, 0.1) is 10.1 Å². The Kier molecular flexibility index (Phi) is 4.10. The highest BCUT2D eigenvalue weighted by Gasteiger charge is 2.18. The Hall–Kier alpha value is -4.00. The van der Waals surface area contributed by atoms with Gasteiger partial charge >= 0.3 is 0 Å². The predicted molar refractivity (Wildman–Crippen MR) is 102 cm³/mol. The van der Waals surface area contributed by atoms with Crippen molar-refractivity contribution in [1.29, 1.82) is 0 Å². The van der Waals surface area contributed by atoms with Crippen molar-refractivity contribution in [2.24, 2.45) is 0 Å². The van der Waals surface area contributed by atoms with Crippen LogP contribution >= 0.6 is 0 Å². The van der Waals surface area contributed by atoms with Crippen LogP contribution in [0.3, 0.4) is 0 Å². The number of benzene rings is 2. The first kappa shape index (κ1) is 16.5. The monoisotopic (exact) mass is 358 g/mol. The van der Waals surface area contributed by atoms with Gasteiger partial charge < -0.3 is 10.1 Å². The zero-order valence-corrected chi connectivity index (χ0v) is 14.0. The van der Waals surface area contributed by atoms with Crippen molar-refractivity contribution in [3.63, 3.8) is 0 Å². The minimum atomic E-state index is -0.461. The topological polar surface area (TPSA) is 105 Å². The summed E-state index contributed by atoms with van der Waals surface area (Å²) in [6.45, 7) is 0. The molecule has 2 aromatic carbocycles. The maximum atomic E-state index is 10.9. The molecule has 132 valence electrons. The molecule has 2 aromatic heterocycles. The van der Waals surface area contributed by atoms with Crippen LogP contribution in [-0.4, -0.2) is 25.0 Å². The quantitative estimate of drug-likeness (QED) is 0.321. The summed E-state index contributed by atoms with van der Waals surface area (Å²) in [4.78, 5) is 22.2. The van der Waals surface area contributed by atoms with E-state index in [4.69, 9.17) is 0 Å². The Balaban J connectivity index is 1.93. The van der Waals surface area contributed by atoms with Gasteiger partial charge in [0.1, 0.15) is 11.6 Å². The SMILES string of the molecule is O=[N+]([O-])c1ccc(C(=C(O)c2ccncc2)c2nc3ccccc3[nH]2)cc1. The summed E-state index contributed by atoms with van der Waals surface area (Å²) in [5, 5.41) is 21.9. The number of para-hydroxylation sites is 2. The van der Waals surface area contributed by atoms with Crippen molar-refractivity contribution in [1.82, 2.24) is 15.0 Å². The first-order valence-corrected chi connectivity index (χ1v) is 8.17. The second-order valence-corrected chi connectivity index (χ2v) is 5.87. The molecule has 4 rings (SSSR count). The molecule has 0 aliphatic carbocycles. The Morgan fingerprint density at radius 1 is 0.963 bits per heavy atom. The minimum absolute atomic E-state index is 0.00492. The van der Waals surface area contributed by atoms with Gasteiger partial charge in [-0.15, -0.1) is 0 Å². The van der Waals surface area contributed by atoms with Gasteiger partial charge in [-0.05, 0) is 42.0 Å². The molecule has 2 heterocycles. The number of rotatable bonds is 4. The molecule has 27 heavy (non-hydrogen) atoms. The van der Waals surface area contributed by atoms with Gasteiger partial charge in [0.2, 0.25) is 0 Å². The summed E-state index contributed by atoms with van der Waals surface area (Å²) in [7, 11) is 0. The van der Waals surface area contributed by atoms with Gasteiger partial charge in [0.05, 0.1) is 21.5 Å². The third-order valence-electron chi connectivity index (χ3n) is 4.18. The third kappa shape index (κ3) is 3.13. The summed E-state index contributed by atoms with van der Waals surface area (Å²) in [6, 6.07) is 16.9. The lowest BCUT2D eigenvalue weighted by Gasteiger charge is -2.09. The summed E-state index contributed by atoms with van der Waals surface area (Å²) in [5.74, 6) is 0.477. The van der Waals surface area contributed by atoms with Crippen LogP contribution in [0.4, 0.5) is 5.69 Å². The van der Waals surface area contributed by atoms with Crippen LogP contribution < -0.4 is 0 Å². The fourth-order valence-corrected chi connectivity index (χ4v) is 2.86. The van der Waals surface area contributed by atoms with E-state index < -0.39 is 4.92 Å². The van der Waals surface area contributed by atoms with Crippen molar-refractivity contribution < 1.29 is 10.0 Å². The Morgan fingerprint density at radius 2 is 1.67 bits per heavy atom. The van der Waals surface area contributed by atoms with E-state index in [1.165, 1.54) is 12.1 Å². The number of nitro benzene ring substituents is 1. The molecule has 0 fully saturated rings. The molecule has 0 saturated carbocycles. The minimum Gasteiger partial charge on any atom is -0.507 e. The van der Waals surface area contributed by atoms with Crippen LogP contribution in [0.2, 0.25) is 0 Å². The fourth-order valence-electron chi connectivity index (χ4n) is 2.86. The Bertz CT molecular complexity index is 1120. The smallest absolute Gasteiger partial charge is 0.269 e. The number of aromatic amines is 1. The molecule has 0 atom stereocenters. The van der Waals surface area contributed by atoms with Crippen LogP contribution in [-0.2, 0) is 0 Å². The second-order valence-electron chi connectivity index (χ2n) is 5.87. The fraction of sp³-hybridized carbons (Fsp3) is 0. The lowest BCUT2D eigenvalue weighted by molar-refractivity contribution is -0.384. The zero-order chi connectivity index (χ0) is 18.8. The zero-order valence-electron chi connectivity index (χ0n) is 14.0. The molecular weight excluding hydrogens is 344 g/mol. The van der Waals surface area contributed by atoms with Gasteiger partial charge in [0.15, 0.2) is 0 Å². The van der Waals surface area contributed by atoms with E-state index >= 15 is 0 Å². The van der Waals surface area contributed by atoms with Crippen molar-refractivity contribution in [3.05, 3.63) is 100 Å². The average Bonchev–Trinajstić information content (AvgIpc) is 3.12. The number of aliphatic hydroxyl groups excluding tert-OH is 1. The molecule has 2 N–H and O–H groups in total. The molecule has 7 heteroatoms. The summed E-state index contributed by atoms with van der Waals surface area (Å²) in [5.41, 5.74) is 3.19. The number of H-pyrrole nitrogens is 1. The van der Waals surface area contributed by atoms with E-state index in [0.29, 0.717) is 22.5 Å². The number of nitro groups is 1. The molecule has 4 aromatic rings. The van der Waals surface area contributed by atoms with Gasteiger partial charge in [-0.2, -0.15) is 0 Å². The number of imidazole rings is 1. The molecule has 0 bridgehead atoms. The second kappa shape index (κ2) is 6.72. The normalized spacial score (nSPS) is 12.0. The largest absolute Gasteiger partial charge is 0.507 e. The number of aliphatic hydroxyl groups is 1. The number of non-ortho nitro benzene ring substituents is 1. The third-order valence-corrected chi connectivity index (χ3v) is 4.18. The lowest BCUT2D eigenvalue weighted by atomic mass is 10.0. The highest BCUT2D eigenvalue weighted by molar-refractivity contribution is 5.95. The first-order valence-electron chi connectivity index (χ1n) is 8.17. The van der Waals surface area contributed by atoms with Crippen LogP contribution in [0.1, 0.15) is 17.0 Å². The van der Waals surface area contributed by atoms with Crippen molar-refractivity contribution in [2.75, 3.05) is 0 Å². The van der Waals surface area contributed by atoms with E-state index in [0.717, 1.165) is 11.0 Å². The van der Waals surface area contributed by atoms with Gasteiger partial charge in [-0.25, -0.2) is 4.98 Å². The van der Waals surface area contributed by atoms with Crippen molar-refractivity contribution >= 4 is 28.1 Å². The molecule has 0 aliphatic rings. The number of pyridine rings is 1. The molecular formula is C20H14N4O3. The molecule has 0 amide bonds. The van der Waals surface area contributed by atoms with Crippen LogP contribution in [0.15, 0.2) is 73.1 Å². The van der Waals surface area contributed by atoms with Gasteiger partial charge in [0.25, 0.3) is 5.69 Å². The highest BCUT2D eigenvalue weighted by atomic mass is 16.6. The summed E-state index contributed by atoms with van der Waals surface area (Å²) < 4.78 is 0. The summed E-state index contributed by atoms with van der Waals surface area (Å²) >= 11 is 0. The summed E-state index contributed by atoms with van der Waals surface area (Å²) in [6.07, 6.45) is 3.16. The van der Waals surface area contributed by atoms with Crippen molar-refractivity contribution in [2.45, 2.75) is 0 Å². The van der Waals surface area contributed by atoms with Gasteiger partial charge in [0, 0.05) is 30.1 Å². The molecule has 0 radical (unpaired) electrons. The average molecular weight is 358 g/mol. The molecule has 0 spiro atoms. The van der Waals surface area contributed by atoms with E-state index in [9.17, 15) is 15.2 Å². The number of nitrogens with zero attached hydrogens (tertiary/aromatic N) is 3. The van der Waals surface area contributed by atoms with Gasteiger partial charge in [-0.1, -0.05) is 12.1 Å². The number of hydrogen-bond acceptors (Lipinski definition) is 5. The molecule has 0 saturated heterocycles. The highest BCUT2D eigenvalue weighted by Crippen LogP contribution is 2.31. The number of fused-ring (bicyclic) bond motifs is 1. The standard InChI is InChI=1S/C20H14N4O3/c25-19(14-9-11-21-12-10-14)18(13-5-7-15(8-6-13)24(26)27)20-22-16-3-1-2-4-17(16)23-20/h1-12,25H,(H,22,23). The maximum absolute atomic E-state index is 10.9. The maximum Gasteiger partial charge on any atom is 0.269 e. The van der Waals surface area contributed by atoms with Crippen molar-refractivity contribution in [3.8, 4) is 0 Å². The molecule has 7 nitrogen and oxygen atoms in total. The lowest BCUT2D eigenvalue weighted by Crippen LogP contribution is -1.97. The number of aromatic nitrogens is 3. The molecule has 0 unspecified atom stereocenters. The Morgan fingerprint density at radius 3 is 2.33 bits per heavy atom. The van der Waals surface area contributed by atoms with Crippen LogP contribution in [0.25, 0.3) is 22.4 Å². The van der Waals surface area contributed by atoms with Crippen LogP contribution in [0.5, 0.6) is 0 Å². The van der Waals surface area contributed by atoms with Gasteiger partial charge in [-0.3, -0.25) is 15.1 Å². The van der Waals surface area contributed by atoms with E-state index in [2.05, 4.69) is 15.0 Å². The number of nitrogens with one attached hydrogen (secondary N) is 1. The van der Waals surface area contributed by atoms with E-state index in [1.54, 1.807) is 36.7 Å². The first-order chi connectivity index (χ1) is 13.1. The van der Waals surface area contributed by atoms with E-state index in [1.807, 2.05) is 24.3 Å². The van der Waals surface area contributed by atoms with E-state index in [-0.39, 0.29) is 11.4 Å². The molecule has 0 aliphatic heterocycles. The Labute approximate surface area is 153 Å². The predicted octanol–water partition coefficient (Wildman–Crippen LogP) is 4.34.